The van der Waals surface area contributed by atoms with Gasteiger partial charge in [-0.2, -0.15) is 0 Å². The zero-order chi connectivity index (χ0) is 17.4. The van der Waals surface area contributed by atoms with Gasteiger partial charge >= 0.3 is 0 Å². The van der Waals surface area contributed by atoms with Crippen LogP contribution in [0.1, 0.15) is 16.9 Å². The minimum Gasteiger partial charge on any atom is -0.507 e. The molecule has 0 amide bonds. The van der Waals surface area contributed by atoms with Gasteiger partial charge in [-0.3, -0.25) is 4.90 Å². The maximum atomic E-state index is 11.9. The van der Waals surface area contributed by atoms with Gasteiger partial charge in [-0.05, 0) is 23.9 Å². The monoisotopic (exact) mass is 381 g/mol. The standard InChI is InChI=1S/C17H19NO5S2/c19-15-7-17-16(22-11-23-17)6-12(15)8-18(9-14-2-1-4-24-14)13-3-5-25(20,21)10-13/h1-2,4,6-7,13,19H,3,5,8-11H2/t13-/m1/s1. The van der Waals surface area contributed by atoms with Gasteiger partial charge in [0, 0.05) is 35.6 Å². The van der Waals surface area contributed by atoms with Gasteiger partial charge in [-0.25, -0.2) is 8.42 Å². The SMILES string of the molecule is O=S1(=O)CC[C@@H](N(Cc2cccs2)Cc2cc3c(cc2O)OCO3)C1. The van der Waals surface area contributed by atoms with Gasteiger partial charge in [-0.15, -0.1) is 11.3 Å². The molecule has 4 rings (SSSR count). The summed E-state index contributed by atoms with van der Waals surface area (Å²) in [5.74, 6) is 1.69. The predicted octanol–water partition coefficient (Wildman–Crippen LogP) is 2.37. The van der Waals surface area contributed by atoms with E-state index in [1.165, 1.54) is 4.88 Å². The lowest BCUT2D eigenvalue weighted by molar-refractivity contribution is 0.173. The van der Waals surface area contributed by atoms with Gasteiger partial charge in [0.15, 0.2) is 21.3 Å². The number of aromatic hydroxyl groups is 1. The molecule has 1 fully saturated rings. The highest BCUT2D eigenvalue weighted by Gasteiger charge is 2.33. The average molecular weight is 381 g/mol. The van der Waals surface area contributed by atoms with E-state index in [-0.39, 0.29) is 30.1 Å². The van der Waals surface area contributed by atoms with Crippen molar-refractivity contribution in [3.8, 4) is 17.2 Å². The van der Waals surface area contributed by atoms with E-state index in [2.05, 4.69) is 4.90 Å². The summed E-state index contributed by atoms with van der Waals surface area (Å²) < 4.78 is 34.5. The molecule has 0 radical (unpaired) electrons. The van der Waals surface area contributed by atoms with Crippen LogP contribution in [0.3, 0.4) is 0 Å². The van der Waals surface area contributed by atoms with Crippen LogP contribution in [0.15, 0.2) is 29.6 Å². The van der Waals surface area contributed by atoms with E-state index in [1.54, 1.807) is 23.5 Å². The normalized spacial score (nSPS) is 21.1. The maximum Gasteiger partial charge on any atom is 0.231 e. The highest BCUT2D eigenvalue weighted by molar-refractivity contribution is 7.91. The number of hydrogen-bond donors (Lipinski definition) is 1. The zero-order valence-electron chi connectivity index (χ0n) is 13.6. The molecule has 0 saturated carbocycles. The minimum atomic E-state index is -2.98. The minimum absolute atomic E-state index is 0.0445. The molecule has 6 nitrogen and oxygen atoms in total. The summed E-state index contributed by atoms with van der Waals surface area (Å²) in [7, 11) is -2.98. The van der Waals surface area contributed by atoms with Gasteiger partial charge in [0.1, 0.15) is 5.75 Å². The number of phenols is 1. The van der Waals surface area contributed by atoms with E-state index in [4.69, 9.17) is 9.47 Å². The van der Waals surface area contributed by atoms with E-state index in [0.29, 0.717) is 36.6 Å². The Morgan fingerprint density at radius 2 is 2.04 bits per heavy atom. The molecule has 2 aliphatic heterocycles. The van der Waals surface area contributed by atoms with E-state index in [9.17, 15) is 13.5 Å². The summed E-state index contributed by atoms with van der Waals surface area (Å²) in [5.41, 5.74) is 0.713. The second kappa shape index (κ2) is 6.51. The molecule has 1 aromatic carbocycles. The van der Waals surface area contributed by atoms with E-state index in [1.807, 2.05) is 17.5 Å². The number of thiophene rings is 1. The molecule has 1 N–H and O–H groups in total. The molecule has 1 atom stereocenters. The number of benzene rings is 1. The molecule has 0 bridgehead atoms. The van der Waals surface area contributed by atoms with Gasteiger partial charge in [0.2, 0.25) is 6.79 Å². The summed E-state index contributed by atoms with van der Waals surface area (Å²) >= 11 is 1.65. The predicted molar refractivity (Wildman–Crippen MR) is 94.9 cm³/mol. The summed E-state index contributed by atoms with van der Waals surface area (Å²) in [6, 6.07) is 7.33. The second-order valence-corrected chi connectivity index (χ2v) is 9.64. The number of phenolic OH excluding ortho intramolecular Hbond substituents is 1. The second-order valence-electron chi connectivity index (χ2n) is 6.38. The van der Waals surface area contributed by atoms with Crippen LogP contribution in [0.2, 0.25) is 0 Å². The Hall–Kier alpha value is -1.77. The van der Waals surface area contributed by atoms with Crippen molar-refractivity contribution in [3.63, 3.8) is 0 Å². The molecule has 3 heterocycles. The van der Waals surface area contributed by atoms with Gasteiger partial charge in [-0.1, -0.05) is 6.07 Å². The maximum absolute atomic E-state index is 11.9. The number of sulfone groups is 1. The first kappa shape index (κ1) is 16.7. The lowest BCUT2D eigenvalue weighted by atomic mass is 10.1. The Bertz CT molecular complexity index is 863. The van der Waals surface area contributed by atoms with Crippen LogP contribution in [-0.4, -0.2) is 42.8 Å². The lowest BCUT2D eigenvalue weighted by Crippen LogP contribution is -2.35. The molecule has 134 valence electrons. The van der Waals surface area contributed by atoms with Crippen molar-refractivity contribution in [2.45, 2.75) is 25.6 Å². The fraction of sp³-hybridized carbons (Fsp3) is 0.412. The molecule has 2 aromatic rings. The first-order chi connectivity index (χ1) is 12.0. The molecular weight excluding hydrogens is 362 g/mol. The summed E-state index contributed by atoms with van der Waals surface area (Å²) in [4.78, 5) is 3.30. The van der Waals surface area contributed by atoms with Crippen LogP contribution in [0.4, 0.5) is 0 Å². The number of fused-ring (bicyclic) bond motifs is 1. The Morgan fingerprint density at radius 1 is 1.24 bits per heavy atom. The van der Waals surface area contributed by atoms with E-state index < -0.39 is 9.84 Å². The molecule has 1 aromatic heterocycles. The van der Waals surface area contributed by atoms with Crippen LogP contribution in [0.5, 0.6) is 17.2 Å². The molecule has 25 heavy (non-hydrogen) atoms. The van der Waals surface area contributed by atoms with Crippen LogP contribution in [0, 0.1) is 0 Å². The van der Waals surface area contributed by atoms with E-state index >= 15 is 0 Å². The Labute approximate surface area is 150 Å². The summed E-state index contributed by atoms with van der Waals surface area (Å²) in [6.45, 7) is 1.27. The van der Waals surface area contributed by atoms with Gasteiger partial charge in [0.05, 0.1) is 11.5 Å². The lowest BCUT2D eigenvalue weighted by Gasteiger charge is -2.28. The number of ether oxygens (including phenoxy) is 2. The molecular formula is C17H19NO5S2. The largest absolute Gasteiger partial charge is 0.507 e. The Morgan fingerprint density at radius 3 is 2.72 bits per heavy atom. The van der Waals surface area contributed by atoms with Crippen LogP contribution in [-0.2, 0) is 22.9 Å². The van der Waals surface area contributed by atoms with Gasteiger partial charge in [0.25, 0.3) is 0 Å². The molecule has 8 heteroatoms. The molecule has 0 aliphatic carbocycles. The fourth-order valence-corrected chi connectivity index (χ4v) is 5.79. The van der Waals surface area contributed by atoms with Crippen LogP contribution in [0.25, 0.3) is 0 Å². The third-order valence-electron chi connectivity index (χ3n) is 4.61. The molecule has 0 spiro atoms. The topological polar surface area (TPSA) is 76.1 Å². The van der Waals surface area contributed by atoms with Crippen molar-refractivity contribution >= 4 is 21.2 Å². The number of hydrogen-bond acceptors (Lipinski definition) is 7. The molecule has 0 unspecified atom stereocenters. The Balaban J connectivity index is 1.60. The highest BCUT2D eigenvalue weighted by Crippen LogP contribution is 2.38. The molecule has 1 saturated heterocycles. The first-order valence-corrected chi connectivity index (χ1v) is 10.8. The number of nitrogens with zero attached hydrogens (tertiary/aromatic N) is 1. The first-order valence-electron chi connectivity index (χ1n) is 8.08. The van der Waals surface area contributed by atoms with Crippen molar-refractivity contribution in [2.24, 2.45) is 0 Å². The smallest absolute Gasteiger partial charge is 0.231 e. The van der Waals surface area contributed by atoms with Crippen LogP contribution >= 0.6 is 11.3 Å². The van der Waals surface area contributed by atoms with Crippen molar-refractivity contribution in [1.29, 1.82) is 0 Å². The van der Waals surface area contributed by atoms with Gasteiger partial charge < -0.3 is 14.6 Å². The van der Waals surface area contributed by atoms with Crippen molar-refractivity contribution in [3.05, 3.63) is 40.1 Å². The zero-order valence-corrected chi connectivity index (χ0v) is 15.2. The van der Waals surface area contributed by atoms with Crippen molar-refractivity contribution in [1.82, 2.24) is 4.90 Å². The highest BCUT2D eigenvalue weighted by atomic mass is 32.2. The number of rotatable bonds is 5. The fourth-order valence-electron chi connectivity index (χ4n) is 3.30. The van der Waals surface area contributed by atoms with E-state index in [0.717, 1.165) is 0 Å². The Kier molecular flexibility index (Phi) is 4.35. The third-order valence-corrected chi connectivity index (χ3v) is 7.22. The average Bonchev–Trinajstić information content (AvgIpc) is 3.28. The quantitative estimate of drug-likeness (QED) is 0.857. The summed E-state index contributed by atoms with van der Waals surface area (Å²) in [6.07, 6.45) is 0.624. The molecule has 2 aliphatic rings. The van der Waals surface area contributed by atoms with Crippen molar-refractivity contribution in [2.75, 3.05) is 18.3 Å². The van der Waals surface area contributed by atoms with Crippen molar-refractivity contribution < 1.29 is 23.0 Å². The van der Waals surface area contributed by atoms with Crippen LogP contribution < -0.4 is 9.47 Å². The summed E-state index contributed by atoms with van der Waals surface area (Å²) in [5, 5.41) is 12.3. The third kappa shape index (κ3) is 3.61.